The van der Waals surface area contributed by atoms with Gasteiger partial charge >= 0.3 is 0 Å². The molecular weight excluding hydrogens is 391 g/mol. The summed E-state index contributed by atoms with van der Waals surface area (Å²) < 4.78 is 14.1. The van der Waals surface area contributed by atoms with Gasteiger partial charge < -0.3 is 9.80 Å². The number of amides is 2. The van der Waals surface area contributed by atoms with Crippen molar-refractivity contribution in [3.05, 3.63) is 83.2 Å². The first-order chi connectivity index (χ1) is 14.0. The summed E-state index contributed by atoms with van der Waals surface area (Å²) in [5.41, 5.74) is 1.02. The van der Waals surface area contributed by atoms with Gasteiger partial charge in [-0.05, 0) is 43.2 Å². The molecule has 1 fully saturated rings. The van der Waals surface area contributed by atoms with E-state index in [9.17, 15) is 14.0 Å². The number of carbonyl (C=O) groups excluding carboxylic acids is 2. The molecule has 0 bridgehead atoms. The van der Waals surface area contributed by atoms with Gasteiger partial charge in [-0.1, -0.05) is 35.9 Å². The molecule has 0 N–H and O–H groups in total. The molecule has 0 spiro atoms. The lowest BCUT2D eigenvalue weighted by molar-refractivity contribution is -0.137. The average molecular weight is 415 g/mol. The van der Waals surface area contributed by atoms with Crippen LogP contribution in [-0.4, -0.2) is 41.2 Å². The number of nitrogens with zero attached hydrogens (tertiary/aromatic N) is 2. The van der Waals surface area contributed by atoms with Crippen LogP contribution in [0.5, 0.6) is 0 Å². The number of benzene rings is 2. The third-order valence-corrected chi connectivity index (χ3v) is 5.38. The van der Waals surface area contributed by atoms with E-state index in [2.05, 4.69) is 6.58 Å². The van der Waals surface area contributed by atoms with Crippen LogP contribution in [0.15, 0.2) is 61.2 Å². The van der Waals surface area contributed by atoms with E-state index >= 15 is 0 Å². The van der Waals surface area contributed by atoms with Gasteiger partial charge in [0.15, 0.2) is 0 Å². The molecule has 152 valence electrons. The van der Waals surface area contributed by atoms with Crippen molar-refractivity contribution in [3.8, 4) is 0 Å². The first kappa shape index (κ1) is 21.1. The van der Waals surface area contributed by atoms with Gasteiger partial charge in [0.1, 0.15) is 5.82 Å². The lowest BCUT2D eigenvalue weighted by Crippen LogP contribution is -2.46. The van der Waals surface area contributed by atoms with Crippen molar-refractivity contribution in [2.24, 2.45) is 5.92 Å². The molecule has 1 aliphatic heterocycles. The number of halogens is 2. The molecule has 2 amide bonds. The molecule has 1 unspecified atom stereocenters. The van der Waals surface area contributed by atoms with Gasteiger partial charge in [0.05, 0.1) is 5.92 Å². The minimum Gasteiger partial charge on any atom is -0.338 e. The van der Waals surface area contributed by atoms with Crippen LogP contribution in [0.2, 0.25) is 5.02 Å². The Morgan fingerprint density at radius 2 is 1.93 bits per heavy atom. The van der Waals surface area contributed by atoms with E-state index in [0.29, 0.717) is 42.2 Å². The zero-order valence-corrected chi connectivity index (χ0v) is 16.9. The number of rotatable bonds is 6. The Kier molecular flexibility index (Phi) is 7.04. The molecule has 4 nitrogen and oxygen atoms in total. The molecule has 1 aliphatic rings. The van der Waals surface area contributed by atoms with Crippen LogP contribution in [0.3, 0.4) is 0 Å². The third kappa shape index (κ3) is 5.24. The zero-order chi connectivity index (χ0) is 20.8. The molecule has 0 radical (unpaired) electrons. The first-order valence-electron chi connectivity index (χ1n) is 9.67. The Labute approximate surface area is 175 Å². The summed E-state index contributed by atoms with van der Waals surface area (Å²) in [5, 5.41) is 0.571. The normalized spacial score (nSPS) is 16.3. The average Bonchev–Trinajstić information content (AvgIpc) is 2.74. The SMILES string of the molecule is C=CCN(Cc1ccccc1F)C(=O)C1CCCN(C(=O)c2ccc(Cl)cc2)C1. The van der Waals surface area contributed by atoms with E-state index in [1.54, 1.807) is 58.3 Å². The molecule has 2 aromatic carbocycles. The highest BCUT2D eigenvalue weighted by molar-refractivity contribution is 6.30. The number of hydrogen-bond acceptors (Lipinski definition) is 2. The fraction of sp³-hybridized carbons (Fsp3) is 0.304. The molecule has 1 atom stereocenters. The van der Waals surface area contributed by atoms with Crippen LogP contribution >= 0.6 is 11.6 Å². The third-order valence-electron chi connectivity index (χ3n) is 5.13. The minimum atomic E-state index is -0.336. The van der Waals surface area contributed by atoms with Crippen molar-refractivity contribution in [2.45, 2.75) is 19.4 Å². The summed E-state index contributed by atoms with van der Waals surface area (Å²) >= 11 is 5.90. The van der Waals surface area contributed by atoms with Gasteiger partial charge in [-0.3, -0.25) is 9.59 Å². The standard InChI is InChI=1S/C23H24ClFN2O2/c1-2-13-26(15-18-6-3-4-8-21(18)25)23(29)19-7-5-14-27(16-19)22(28)17-9-11-20(24)12-10-17/h2-4,6,8-12,19H,1,5,7,13-16H2. The lowest BCUT2D eigenvalue weighted by Gasteiger charge is -2.35. The van der Waals surface area contributed by atoms with Crippen molar-refractivity contribution < 1.29 is 14.0 Å². The number of piperidine rings is 1. The smallest absolute Gasteiger partial charge is 0.253 e. The molecule has 2 aromatic rings. The lowest BCUT2D eigenvalue weighted by atomic mass is 9.95. The number of likely N-dealkylation sites (tertiary alicyclic amines) is 1. The van der Waals surface area contributed by atoms with Crippen molar-refractivity contribution >= 4 is 23.4 Å². The van der Waals surface area contributed by atoms with Crippen molar-refractivity contribution in [1.29, 1.82) is 0 Å². The maximum absolute atomic E-state index is 14.1. The van der Waals surface area contributed by atoms with E-state index < -0.39 is 0 Å². The molecule has 29 heavy (non-hydrogen) atoms. The van der Waals surface area contributed by atoms with Crippen LogP contribution in [0, 0.1) is 11.7 Å². The summed E-state index contributed by atoms with van der Waals surface area (Å²) in [6, 6.07) is 13.2. The van der Waals surface area contributed by atoms with Crippen LogP contribution in [-0.2, 0) is 11.3 Å². The van der Waals surface area contributed by atoms with Gasteiger partial charge in [0.2, 0.25) is 5.91 Å². The Morgan fingerprint density at radius 3 is 2.62 bits per heavy atom. The van der Waals surface area contributed by atoms with Gasteiger partial charge in [0, 0.05) is 42.3 Å². The van der Waals surface area contributed by atoms with E-state index in [-0.39, 0.29) is 30.1 Å². The number of carbonyl (C=O) groups is 2. The van der Waals surface area contributed by atoms with Crippen LogP contribution in [0.25, 0.3) is 0 Å². The Hall–Kier alpha value is -2.66. The van der Waals surface area contributed by atoms with Crippen molar-refractivity contribution in [1.82, 2.24) is 9.80 Å². The monoisotopic (exact) mass is 414 g/mol. The maximum Gasteiger partial charge on any atom is 0.253 e. The Morgan fingerprint density at radius 1 is 1.21 bits per heavy atom. The summed E-state index contributed by atoms with van der Waals surface area (Å²) in [4.78, 5) is 29.3. The molecule has 0 aromatic heterocycles. The molecule has 6 heteroatoms. The van der Waals surface area contributed by atoms with E-state index in [1.807, 2.05) is 0 Å². The van der Waals surface area contributed by atoms with E-state index in [1.165, 1.54) is 6.07 Å². The molecular formula is C23H24ClFN2O2. The second kappa shape index (κ2) is 9.70. The topological polar surface area (TPSA) is 40.6 Å². The predicted octanol–water partition coefficient (Wildman–Crippen LogP) is 4.55. The van der Waals surface area contributed by atoms with E-state index in [4.69, 9.17) is 11.6 Å². The van der Waals surface area contributed by atoms with Gasteiger partial charge in [-0.25, -0.2) is 4.39 Å². The second-order valence-electron chi connectivity index (χ2n) is 7.20. The highest BCUT2D eigenvalue weighted by Crippen LogP contribution is 2.23. The Balaban J connectivity index is 1.71. The summed E-state index contributed by atoms with van der Waals surface area (Å²) in [7, 11) is 0. The van der Waals surface area contributed by atoms with Gasteiger partial charge in [0.25, 0.3) is 5.91 Å². The second-order valence-corrected chi connectivity index (χ2v) is 7.63. The Bertz CT molecular complexity index is 885. The van der Waals surface area contributed by atoms with Gasteiger partial charge in [-0.15, -0.1) is 6.58 Å². The first-order valence-corrected chi connectivity index (χ1v) is 10.1. The minimum absolute atomic E-state index is 0.0817. The summed E-state index contributed by atoms with van der Waals surface area (Å²) in [6.45, 7) is 5.19. The van der Waals surface area contributed by atoms with Crippen LogP contribution < -0.4 is 0 Å². The number of hydrogen-bond donors (Lipinski definition) is 0. The van der Waals surface area contributed by atoms with Gasteiger partial charge in [-0.2, -0.15) is 0 Å². The summed E-state index contributed by atoms with van der Waals surface area (Å²) in [6.07, 6.45) is 3.09. The van der Waals surface area contributed by atoms with E-state index in [0.717, 1.165) is 6.42 Å². The fourth-order valence-corrected chi connectivity index (χ4v) is 3.74. The highest BCUT2D eigenvalue weighted by atomic mass is 35.5. The molecule has 0 aliphatic carbocycles. The molecule has 0 saturated carbocycles. The van der Waals surface area contributed by atoms with Crippen molar-refractivity contribution in [3.63, 3.8) is 0 Å². The van der Waals surface area contributed by atoms with Crippen LogP contribution in [0.4, 0.5) is 4.39 Å². The largest absolute Gasteiger partial charge is 0.338 e. The molecule has 1 saturated heterocycles. The fourth-order valence-electron chi connectivity index (χ4n) is 3.62. The summed E-state index contributed by atoms with van der Waals surface area (Å²) in [5.74, 6) is -0.838. The molecule has 3 rings (SSSR count). The molecule has 1 heterocycles. The quantitative estimate of drug-likeness (QED) is 0.651. The predicted molar refractivity (Wildman–Crippen MR) is 112 cm³/mol. The zero-order valence-electron chi connectivity index (χ0n) is 16.2. The maximum atomic E-state index is 14.1. The highest BCUT2D eigenvalue weighted by Gasteiger charge is 2.31. The van der Waals surface area contributed by atoms with Crippen molar-refractivity contribution in [2.75, 3.05) is 19.6 Å². The van der Waals surface area contributed by atoms with Crippen LogP contribution in [0.1, 0.15) is 28.8 Å².